The molecule has 0 aliphatic rings. The maximum absolute atomic E-state index is 10.6. The van der Waals surface area contributed by atoms with Gasteiger partial charge in [0, 0.05) is 12.1 Å². The molecule has 0 aromatic heterocycles. The van der Waals surface area contributed by atoms with Gasteiger partial charge in [-0.05, 0) is 35.4 Å². The lowest BCUT2D eigenvalue weighted by atomic mass is 10.1. The number of nitro benzene ring substituents is 1. The van der Waals surface area contributed by atoms with E-state index < -0.39 is 4.92 Å². The Bertz CT molecular complexity index is 891. The smallest absolute Gasteiger partial charge is 0.269 e. The molecule has 6 heteroatoms. The molecule has 118 valence electrons. The molecule has 3 aromatic carbocycles. The number of phenols is 1. The summed E-state index contributed by atoms with van der Waals surface area (Å²) in [5.74, 6) is 0.0142. The molecule has 0 amide bonds. The van der Waals surface area contributed by atoms with Crippen LogP contribution in [0.1, 0.15) is 0 Å². The Labute approximate surface area is 137 Å². The Hall–Kier alpha value is -3.54. The first-order valence-electron chi connectivity index (χ1n) is 7.18. The van der Waals surface area contributed by atoms with E-state index in [2.05, 4.69) is 10.2 Å². The zero-order chi connectivity index (χ0) is 16.9. The molecule has 0 saturated carbocycles. The lowest BCUT2D eigenvalue weighted by Gasteiger charge is -2.04. The third kappa shape index (κ3) is 3.44. The molecular weight excluding hydrogens is 306 g/mol. The van der Waals surface area contributed by atoms with Crippen LogP contribution in [0.4, 0.5) is 17.1 Å². The van der Waals surface area contributed by atoms with E-state index in [9.17, 15) is 15.2 Å². The molecule has 0 radical (unpaired) electrons. The highest BCUT2D eigenvalue weighted by molar-refractivity contribution is 5.70. The van der Waals surface area contributed by atoms with Crippen molar-refractivity contribution < 1.29 is 10.0 Å². The van der Waals surface area contributed by atoms with Gasteiger partial charge < -0.3 is 5.11 Å². The summed E-state index contributed by atoms with van der Waals surface area (Å²) >= 11 is 0. The number of nitrogens with zero attached hydrogens (tertiary/aromatic N) is 3. The van der Waals surface area contributed by atoms with Crippen molar-refractivity contribution in [3.05, 3.63) is 82.9 Å². The summed E-state index contributed by atoms with van der Waals surface area (Å²) in [6.45, 7) is 0. The standard InChI is InChI=1S/C18H13N3O3/c22-18-11-6-14(13-4-2-1-3-5-13)12-17(18)20-19-15-7-9-16(10-8-15)21(23)24/h1-12,22H. The van der Waals surface area contributed by atoms with Gasteiger partial charge in [0.2, 0.25) is 0 Å². The molecule has 1 N–H and O–H groups in total. The molecule has 3 aromatic rings. The fourth-order valence-corrected chi connectivity index (χ4v) is 2.17. The average Bonchev–Trinajstić information content (AvgIpc) is 2.62. The lowest BCUT2D eigenvalue weighted by molar-refractivity contribution is -0.384. The van der Waals surface area contributed by atoms with Crippen LogP contribution in [-0.2, 0) is 0 Å². The van der Waals surface area contributed by atoms with Crippen molar-refractivity contribution in [2.45, 2.75) is 0 Å². The van der Waals surface area contributed by atoms with Gasteiger partial charge in [-0.1, -0.05) is 36.4 Å². The van der Waals surface area contributed by atoms with Crippen LogP contribution in [0.25, 0.3) is 11.1 Å². The molecule has 0 fully saturated rings. The van der Waals surface area contributed by atoms with Gasteiger partial charge in [0.15, 0.2) is 0 Å². The first-order chi connectivity index (χ1) is 11.6. The lowest BCUT2D eigenvalue weighted by Crippen LogP contribution is -1.85. The first kappa shape index (κ1) is 15.4. The number of azo groups is 1. The number of rotatable bonds is 4. The van der Waals surface area contributed by atoms with Gasteiger partial charge in [-0.3, -0.25) is 10.1 Å². The predicted octanol–water partition coefficient (Wildman–Crippen LogP) is 5.38. The second-order valence-corrected chi connectivity index (χ2v) is 5.04. The second kappa shape index (κ2) is 6.70. The zero-order valence-electron chi connectivity index (χ0n) is 12.5. The molecule has 24 heavy (non-hydrogen) atoms. The topological polar surface area (TPSA) is 88.1 Å². The number of hydrogen-bond acceptors (Lipinski definition) is 5. The molecule has 0 atom stereocenters. The van der Waals surface area contributed by atoms with Crippen molar-refractivity contribution >= 4 is 17.1 Å². The maximum Gasteiger partial charge on any atom is 0.269 e. The molecule has 0 bridgehead atoms. The summed E-state index contributed by atoms with van der Waals surface area (Å²) in [4.78, 5) is 10.2. The van der Waals surface area contributed by atoms with Gasteiger partial charge in [0.25, 0.3) is 5.69 Å². The van der Waals surface area contributed by atoms with E-state index in [0.717, 1.165) is 11.1 Å². The Balaban J connectivity index is 1.87. The minimum absolute atomic E-state index is 0.0112. The first-order valence-corrected chi connectivity index (χ1v) is 7.18. The summed E-state index contributed by atoms with van der Waals surface area (Å²) in [5, 5.41) is 28.6. The molecule has 3 rings (SSSR count). The van der Waals surface area contributed by atoms with Crippen LogP contribution in [-0.4, -0.2) is 10.0 Å². The molecule has 0 aliphatic carbocycles. The van der Waals surface area contributed by atoms with E-state index in [1.807, 2.05) is 30.3 Å². The molecule has 0 heterocycles. The van der Waals surface area contributed by atoms with Crippen molar-refractivity contribution in [1.29, 1.82) is 0 Å². The summed E-state index contributed by atoms with van der Waals surface area (Å²) < 4.78 is 0. The van der Waals surface area contributed by atoms with Crippen molar-refractivity contribution in [2.24, 2.45) is 10.2 Å². The van der Waals surface area contributed by atoms with Gasteiger partial charge >= 0.3 is 0 Å². The molecule has 0 spiro atoms. The Morgan fingerprint density at radius 1 is 0.833 bits per heavy atom. The Morgan fingerprint density at radius 3 is 2.21 bits per heavy atom. The highest BCUT2D eigenvalue weighted by atomic mass is 16.6. The van der Waals surface area contributed by atoms with Crippen LogP contribution in [0.3, 0.4) is 0 Å². The van der Waals surface area contributed by atoms with Gasteiger partial charge in [-0.15, -0.1) is 5.11 Å². The molecule has 0 aliphatic heterocycles. The van der Waals surface area contributed by atoms with E-state index in [1.165, 1.54) is 24.3 Å². The van der Waals surface area contributed by atoms with Gasteiger partial charge in [0.05, 0.1) is 10.6 Å². The zero-order valence-corrected chi connectivity index (χ0v) is 12.5. The monoisotopic (exact) mass is 319 g/mol. The van der Waals surface area contributed by atoms with Crippen molar-refractivity contribution in [3.8, 4) is 16.9 Å². The van der Waals surface area contributed by atoms with Crippen LogP contribution in [0.15, 0.2) is 83.0 Å². The third-order valence-electron chi connectivity index (χ3n) is 3.42. The SMILES string of the molecule is O=[N+]([O-])c1ccc(N=Nc2cc(-c3ccccc3)ccc2O)cc1. The van der Waals surface area contributed by atoms with Gasteiger partial charge in [-0.2, -0.15) is 5.11 Å². The van der Waals surface area contributed by atoms with E-state index in [-0.39, 0.29) is 11.4 Å². The van der Waals surface area contributed by atoms with Gasteiger partial charge in [-0.25, -0.2) is 0 Å². The van der Waals surface area contributed by atoms with Crippen LogP contribution < -0.4 is 0 Å². The molecule has 0 saturated heterocycles. The number of nitro groups is 1. The van der Waals surface area contributed by atoms with E-state index in [0.29, 0.717) is 11.4 Å². The molecule has 6 nitrogen and oxygen atoms in total. The third-order valence-corrected chi connectivity index (χ3v) is 3.42. The Morgan fingerprint density at radius 2 is 1.54 bits per heavy atom. The number of aromatic hydroxyl groups is 1. The van der Waals surface area contributed by atoms with Crippen LogP contribution in [0.5, 0.6) is 5.75 Å². The number of benzene rings is 3. The maximum atomic E-state index is 10.6. The second-order valence-electron chi connectivity index (χ2n) is 5.04. The van der Waals surface area contributed by atoms with Crippen molar-refractivity contribution in [2.75, 3.05) is 0 Å². The summed E-state index contributed by atoms with van der Waals surface area (Å²) in [6.07, 6.45) is 0. The predicted molar refractivity (Wildman–Crippen MR) is 90.8 cm³/mol. The molecule has 0 unspecified atom stereocenters. The highest BCUT2D eigenvalue weighted by Crippen LogP contribution is 2.33. The van der Waals surface area contributed by atoms with E-state index in [4.69, 9.17) is 0 Å². The van der Waals surface area contributed by atoms with Crippen LogP contribution >= 0.6 is 0 Å². The fourth-order valence-electron chi connectivity index (χ4n) is 2.17. The van der Waals surface area contributed by atoms with Gasteiger partial charge in [0.1, 0.15) is 11.4 Å². The highest BCUT2D eigenvalue weighted by Gasteiger charge is 2.05. The quantitative estimate of drug-likeness (QED) is 0.397. The number of non-ortho nitro benzene ring substituents is 1. The molecular formula is C18H13N3O3. The van der Waals surface area contributed by atoms with Crippen LogP contribution in [0.2, 0.25) is 0 Å². The van der Waals surface area contributed by atoms with Crippen molar-refractivity contribution in [1.82, 2.24) is 0 Å². The summed E-state index contributed by atoms with van der Waals surface area (Å²) in [7, 11) is 0. The van der Waals surface area contributed by atoms with Crippen molar-refractivity contribution in [3.63, 3.8) is 0 Å². The van der Waals surface area contributed by atoms with Crippen LogP contribution in [0, 0.1) is 10.1 Å². The number of phenolic OH excluding ortho intramolecular Hbond substituents is 1. The minimum Gasteiger partial charge on any atom is -0.506 e. The van der Waals surface area contributed by atoms with E-state index in [1.54, 1.807) is 18.2 Å². The average molecular weight is 319 g/mol. The minimum atomic E-state index is -0.476. The normalized spacial score (nSPS) is 10.8. The summed E-state index contributed by atoms with van der Waals surface area (Å²) in [5.41, 5.74) is 2.69. The number of hydrogen-bond donors (Lipinski definition) is 1. The Kier molecular flexibility index (Phi) is 4.29. The fraction of sp³-hybridized carbons (Fsp3) is 0. The van der Waals surface area contributed by atoms with E-state index >= 15 is 0 Å². The largest absolute Gasteiger partial charge is 0.506 e. The summed E-state index contributed by atoms with van der Waals surface area (Å²) in [6, 6.07) is 20.5.